The smallest absolute Gasteiger partial charge is 0.258 e. The van der Waals surface area contributed by atoms with Crippen molar-refractivity contribution in [3.8, 4) is 17.2 Å². The molecule has 1 saturated heterocycles. The minimum atomic E-state index is -0.462. The molecular formula is C31H35N5O6. The SMILES string of the molecule is Cc1cnn(CCC(=O)N2C[C@@H]3NC(=O)c4cc(cc(OCC5CC5)c4)OCC(=O)NCc4ccc(cc4)O[C@H]3C2)c1. The molecule has 3 amide bonds. The molecule has 0 radical (unpaired) electrons. The standard InChI is InChI=1S/C31H35N5O6/c1-20-13-33-36(15-20)9-8-30(38)35-16-27-28(17-35)42-24-6-4-21(5-7-24)14-32-29(37)19-41-26-11-23(31(39)34-27)10-25(12-26)40-18-22-2-3-22/h4-7,10-13,15,22,27-28H,2-3,8-9,14,16-19H2,1H3,(H,32,37)(H,34,39)/t27-,28-/m0/s1. The fourth-order valence-electron chi connectivity index (χ4n) is 5.07. The molecule has 4 heterocycles. The molecule has 2 atom stereocenters. The molecule has 1 aliphatic carbocycles. The number of nitrogens with zero attached hydrogens (tertiary/aromatic N) is 3. The maximum Gasteiger partial charge on any atom is 0.258 e. The van der Waals surface area contributed by atoms with Crippen molar-refractivity contribution in [2.75, 3.05) is 26.3 Å². The van der Waals surface area contributed by atoms with Gasteiger partial charge in [-0.15, -0.1) is 0 Å². The molecule has 1 aromatic heterocycles. The predicted molar refractivity (Wildman–Crippen MR) is 152 cm³/mol. The Morgan fingerprint density at radius 3 is 2.69 bits per heavy atom. The Balaban J connectivity index is 1.23. The van der Waals surface area contributed by atoms with Gasteiger partial charge in [0, 0.05) is 43.9 Å². The van der Waals surface area contributed by atoms with Crippen LogP contribution in [-0.2, 0) is 22.7 Å². The molecule has 7 rings (SSSR count). The van der Waals surface area contributed by atoms with E-state index in [1.54, 1.807) is 34.0 Å². The number of likely N-dealkylation sites (tertiary alicyclic amines) is 1. The summed E-state index contributed by atoms with van der Waals surface area (Å²) in [6.07, 6.45) is 5.75. The number of rotatable bonds is 6. The van der Waals surface area contributed by atoms with Crippen LogP contribution in [0.4, 0.5) is 0 Å². The van der Waals surface area contributed by atoms with Crippen molar-refractivity contribution in [2.24, 2.45) is 5.92 Å². The number of carbonyl (C=O) groups excluding carboxylic acids is 3. The van der Waals surface area contributed by atoms with Gasteiger partial charge in [-0.2, -0.15) is 5.10 Å². The quantitative estimate of drug-likeness (QED) is 0.464. The van der Waals surface area contributed by atoms with E-state index in [2.05, 4.69) is 15.7 Å². The minimum Gasteiger partial charge on any atom is -0.493 e. The van der Waals surface area contributed by atoms with Crippen LogP contribution in [0.15, 0.2) is 54.9 Å². The number of aryl methyl sites for hydroxylation is 2. The van der Waals surface area contributed by atoms with Crippen molar-refractivity contribution in [1.82, 2.24) is 25.3 Å². The van der Waals surface area contributed by atoms with Gasteiger partial charge in [0.05, 0.1) is 25.4 Å². The van der Waals surface area contributed by atoms with E-state index in [1.807, 2.05) is 37.4 Å². The van der Waals surface area contributed by atoms with Crippen LogP contribution in [-0.4, -0.2) is 70.9 Å². The predicted octanol–water partition coefficient (Wildman–Crippen LogP) is 2.47. The number of hydrogen-bond donors (Lipinski definition) is 2. The lowest BCUT2D eigenvalue weighted by Crippen LogP contribution is -2.45. The highest BCUT2D eigenvalue weighted by Crippen LogP contribution is 2.31. The number of fused-ring (bicyclic) bond motifs is 7. The van der Waals surface area contributed by atoms with Crippen molar-refractivity contribution in [1.29, 1.82) is 0 Å². The number of aromatic nitrogens is 2. The Morgan fingerprint density at radius 1 is 1.10 bits per heavy atom. The average molecular weight is 574 g/mol. The average Bonchev–Trinajstić information content (AvgIpc) is 3.61. The van der Waals surface area contributed by atoms with Crippen LogP contribution < -0.4 is 24.8 Å². The topological polar surface area (TPSA) is 124 Å². The number of benzene rings is 2. The lowest BCUT2D eigenvalue weighted by molar-refractivity contribution is -0.130. The summed E-state index contributed by atoms with van der Waals surface area (Å²) < 4.78 is 19.8. The molecule has 2 fully saturated rings. The van der Waals surface area contributed by atoms with Crippen molar-refractivity contribution in [3.05, 3.63) is 71.5 Å². The molecule has 42 heavy (non-hydrogen) atoms. The third-order valence-electron chi connectivity index (χ3n) is 7.65. The summed E-state index contributed by atoms with van der Waals surface area (Å²) in [5.41, 5.74) is 2.28. The first-order valence-corrected chi connectivity index (χ1v) is 14.4. The molecule has 0 spiro atoms. The van der Waals surface area contributed by atoms with Crippen molar-refractivity contribution in [2.45, 2.75) is 51.4 Å². The highest BCUT2D eigenvalue weighted by molar-refractivity contribution is 5.95. The fourth-order valence-corrected chi connectivity index (χ4v) is 5.07. The van der Waals surface area contributed by atoms with Gasteiger partial charge in [0.25, 0.3) is 11.8 Å². The second-order valence-corrected chi connectivity index (χ2v) is 11.2. The molecule has 4 aliphatic rings. The molecule has 4 bridgehead atoms. The fraction of sp³-hybridized carbons (Fsp3) is 0.419. The third-order valence-corrected chi connectivity index (χ3v) is 7.65. The minimum absolute atomic E-state index is 0.0344. The maximum atomic E-state index is 13.6. The molecule has 2 aromatic carbocycles. The van der Waals surface area contributed by atoms with E-state index in [9.17, 15) is 14.4 Å². The van der Waals surface area contributed by atoms with Crippen LogP contribution in [0.1, 0.15) is 40.7 Å². The molecule has 11 heteroatoms. The molecule has 0 unspecified atom stereocenters. The van der Waals surface area contributed by atoms with Gasteiger partial charge in [-0.25, -0.2) is 0 Å². The van der Waals surface area contributed by atoms with Gasteiger partial charge >= 0.3 is 0 Å². The van der Waals surface area contributed by atoms with E-state index in [-0.39, 0.29) is 30.7 Å². The van der Waals surface area contributed by atoms with Crippen LogP contribution in [0, 0.1) is 12.8 Å². The Kier molecular flexibility index (Phi) is 7.98. The zero-order chi connectivity index (χ0) is 29.1. The monoisotopic (exact) mass is 573 g/mol. The van der Waals surface area contributed by atoms with E-state index in [0.29, 0.717) is 61.5 Å². The zero-order valence-corrected chi connectivity index (χ0v) is 23.6. The molecule has 1 saturated carbocycles. The van der Waals surface area contributed by atoms with E-state index in [0.717, 1.165) is 24.0 Å². The van der Waals surface area contributed by atoms with E-state index < -0.39 is 12.1 Å². The van der Waals surface area contributed by atoms with Crippen molar-refractivity contribution < 1.29 is 28.6 Å². The van der Waals surface area contributed by atoms with Crippen LogP contribution in [0.2, 0.25) is 0 Å². The third kappa shape index (κ3) is 7.02. The summed E-state index contributed by atoms with van der Waals surface area (Å²) in [5.74, 6) is 1.34. The highest BCUT2D eigenvalue weighted by Gasteiger charge is 2.38. The van der Waals surface area contributed by atoms with Gasteiger partial charge in [0.2, 0.25) is 5.91 Å². The first-order chi connectivity index (χ1) is 20.4. The lowest BCUT2D eigenvalue weighted by Gasteiger charge is -2.21. The number of amides is 3. The van der Waals surface area contributed by atoms with Crippen molar-refractivity contribution in [3.63, 3.8) is 0 Å². The van der Waals surface area contributed by atoms with E-state index in [1.165, 1.54) is 0 Å². The normalized spacial score (nSPS) is 20.5. The molecule has 220 valence electrons. The highest BCUT2D eigenvalue weighted by atomic mass is 16.5. The van der Waals surface area contributed by atoms with Gasteiger partial charge in [-0.1, -0.05) is 12.1 Å². The summed E-state index contributed by atoms with van der Waals surface area (Å²) in [7, 11) is 0. The number of nitrogens with one attached hydrogen (secondary N) is 2. The summed E-state index contributed by atoms with van der Waals surface area (Å²) in [4.78, 5) is 40.9. The number of hydrogen-bond acceptors (Lipinski definition) is 7. The van der Waals surface area contributed by atoms with Crippen molar-refractivity contribution >= 4 is 17.7 Å². The van der Waals surface area contributed by atoms with Crippen LogP contribution in [0.5, 0.6) is 17.2 Å². The second-order valence-electron chi connectivity index (χ2n) is 11.2. The number of ether oxygens (including phenoxy) is 3. The van der Waals surface area contributed by atoms with E-state index >= 15 is 0 Å². The van der Waals surface area contributed by atoms with Gasteiger partial charge in [0.1, 0.15) is 23.4 Å². The summed E-state index contributed by atoms with van der Waals surface area (Å²) in [6, 6.07) is 11.9. The van der Waals surface area contributed by atoms with Gasteiger partial charge < -0.3 is 29.7 Å². The summed E-state index contributed by atoms with van der Waals surface area (Å²) >= 11 is 0. The second kappa shape index (κ2) is 12.1. The maximum absolute atomic E-state index is 13.6. The lowest BCUT2D eigenvalue weighted by atomic mass is 10.1. The van der Waals surface area contributed by atoms with Crippen LogP contribution in [0.3, 0.4) is 0 Å². The van der Waals surface area contributed by atoms with Gasteiger partial charge in [-0.3, -0.25) is 19.1 Å². The zero-order valence-electron chi connectivity index (χ0n) is 23.6. The molecule has 3 aliphatic heterocycles. The van der Waals surface area contributed by atoms with Gasteiger partial charge in [0.15, 0.2) is 6.61 Å². The Morgan fingerprint density at radius 2 is 1.93 bits per heavy atom. The summed E-state index contributed by atoms with van der Waals surface area (Å²) in [6.45, 7) is 3.77. The van der Waals surface area contributed by atoms with Crippen LogP contribution in [0.25, 0.3) is 0 Å². The molecular weight excluding hydrogens is 538 g/mol. The van der Waals surface area contributed by atoms with E-state index in [4.69, 9.17) is 14.2 Å². The Hall–Kier alpha value is -4.54. The van der Waals surface area contributed by atoms with Crippen LogP contribution >= 0.6 is 0 Å². The first kappa shape index (κ1) is 27.6. The Bertz CT molecular complexity index is 1450. The largest absolute Gasteiger partial charge is 0.493 e. The summed E-state index contributed by atoms with van der Waals surface area (Å²) in [5, 5.41) is 10.2. The van der Waals surface area contributed by atoms with Gasteiger partial charge in [-0.05, 0) is 61.1 Å². The first-order valence-electron chi connectivity index (χ1n) is 14.4. The Labute approximate surface area is 244 Å². The molecule has 3 aromatic rings. The number of carbonyl (C=O) groups is 3. The molecule has 11 nitrogen and oxygen atoms in total. The molecule has 2 N–H and O–H groups in total.